The Morgan fingerprint density at radius 1 is 1.33 bits per heavy atom. The highest BCUT2D eigenvalue weighted by Crippen LogP contribution is 2.29. The summed E-state index contributed by atoms with van der Waals surface area (Å²) >= 11 is 3.39. The molecule has 1 rings (SSSR count). The highest BCUT2D eigenvalue weighted by molar-refractivity contribution is 9.10. The van der Waals surface area contributed by atoms with Crippen molar-refractivity contribution in [3.8, 4) is 12.1 Å². The van der Waals surface area contributed by atoms with Crippen molar-refractivity contribution < 1.29 is 0 Å². The van der Waals surface area contributed by atoms with Gasteiger partial charge in [0.25, 0.3) is 0 Å². The maximum atomic E-state index is 9.08. The number of benzene rings is 1. The molecule has 0 aromatic heterocycles. The molecule has 0 bridgehead atoms. The average Bonchev–Trinajstić information content (AvgIpc) is 2.20. The zero-order chi connectivity index (χ0) is 11.4. The van der Waals surface area contributed by atoms with Crippen LogP contribution in [0.1, 0.15) is 36.5 Å². The summed E-state index contributed by atoms with van der Waals surface area (Å²) in [5, 5.41) is 17.7. The van der Waals surface area contributed by atoms with Gasteiger partial charge in [0, 0.05) is 4.47 Å². The van der Waals surface area contributed by atoms with E-state index in [1.54, 1.807) is 0 Å². The van der Waals surface area contributed by atoms with Crippen LogP contribution in [0.5, 0.6) is 0 Å². The van der Waals surface area contributed by atoms with Crippen LogP contribution in [0.2, 0.25) is 0 Å². The van der Waals surface area contributed by atoms with E-state index in [9.17, 15) is 0 Å². The maximum Gasteiger partial charge on any atom is 0.101 e. The summed E-state index contributed by atoms with van der Waals surface area (Å²) in [6, 6.07) is 8.11. The predicted octanol–water partition coefficient (Wildman–Crippen LogP) is 3.51. The summed E-state index contributed by atoms with van der Waals surface area (Å²) in [6.45, 7) is 4.10. The van der Waals surface area contributed by atoms with Crippen molar-refractivity contribution in [2.24, 2.45) is 0 Å². The van der Waals surface area contributed by atoms with Crippen LogP contribution in [0.25, 0.3) is 0 Å². The predicted molar refractivity (Wildman–Crippen MR) is 62.3 cm³/mol. The Bertz CT molecular complexity index is 450. The molecule has 0 heterocycles. The molecule has 0 atom stereocenters. The van der Waals surface area contributed by atoms with Gasteiger partial charge in [0.15, 0.2) is 0 Å². The molecule has 0 unspecified atom stereocenters. The van der Waals surface area contributed by atoms with Gasteiger partial charge in [-0.15, -0.1) is 0 Å². The van der Waals surface area contributed by atoms with Gasteiger partial charge in [-0.2, -0.15) is 10.5 Å². The van der Waals surface area contributed by atoms with Gasteiger partial charge < -0.3 is 0 Å². The van der Waals surface area contributed by atoms with Crippen molar-refractivity contribution in [1.29, 1.82) is 10.5 Å². The molecule has 1 aromatic rings. The summed E-state index contributed by atoms with van der Waals surface area (Å²) in [6.07, 6.45) is 0.327. The summed E-state index contributed by atoms with van der Waals surface area (Å²) in [5.41, 5.74) is 2.54. The number of hydrogen-bond acceptors (Lipinski definition) is 2. The standard InChI is InChI=1S/C12H11BrN2/c1-8(2)10-4-3-9(5-6-14)12(13)11(10)7-15/h3-4,8H,5H2,1-2H3. The summed E-state index contributed by atoms with van der Waals surface area (Å²) in [7, 11) is 0. The normalized spacial score (nSPS) is 9.73. The van der Waals surface area contributed by atoms with Crippen molar-refractivity contribution >= 4 is 15.9 Å². The lowest BCUT2D eigenvalue weighted by atomic mass is 9.95. The van der Waals surface area contributed by atoms with E-state index in [1.807, 2.05) is 26.0 Å². The minimum atomic E-state index is 0.312. The van der Waals surface area contributed by atoms with Crippen molar-refractivity contribution in [2.75, 3.05) is 0 Å². The molecule has 0 saturated heterocycles. The lowest BCUT2D eigenvalue weighted by Gasteiger charge is -2.11. The monoisotopic (exact) mass is 262 g/mol. The Balaban J connectivity index is 3.36. The second-order valence-electron chi connectivity index (χ2n) is 3.60. The molecule has 0 spiro atoms. The third-order valence-electron chi connectivity index (χ3n) is 2.26. The summed E-state index contributed by atoms with van der Waals surface area (Å²) in [4.78, 5) is 0. The minimum absolute atomic E-state index is 0.312. The van der Waals surface area contributed by atoms with Crippen LogP contribution in [0.3, 0.4) is 0 Å². The van der Waals surface area contributed by atoms with Crippen LogP contribution in [-0.2, 0) is 6.42 Å². The Kier molecular flexibility index (Phi) is 3.88. The largest absolute Gasteiger partial charge is 0.198 e. The molecular formula is C12H11BrN2. The number of nitrogens with zero attached hydrogens (tertiary/aromatic N) is 2. The first-order valence-corrected chi connectivity index (χ1v) is 5.49. The van der Waals surface area contributed by atoms with Crippen LogP contribution >= 0.6 is 15.9 Å². The molecule has 0 fully saturated rings. The van der Waals surface area contributed by atoms with Crippen LogP contribution in [0, 0.1) is 22.7 Å². The van der Waals surface area contributed by atoms with Crippen molar-refractivity contribution in [3.63, 3.8) is 0 Å². The molecule has 0 aliphatic rings. The second-order valence-corrected chi connectivity index (χ2v) is 4.40. The van der Waals surface area contributed by atoms with Gasteiger partial charge in [-0.25, -0.2) is 0 Å². The molecule has 0 saturated carbocycles. The van der Waals surface area contributed by atoms with E-state index in [2.05, 4.69) is 28.1 Å². The molecule has 3 heteroatoms. The Labute approximate surface area is 98.3 Å². The van der Waals surface area contributed by atoms with Crippen molar-refractivity contribution in [2.45, 2.75) is 26.2 Å². The van der Waals surface area contributed by atoms with Gasteiger partial charge in [0.1, 0.15) is 6.07 Å². The van der Waals surface area contributed by atoms with Crippen LogP contribution < -0.4 is 0 Å². The molecular weight excluding hydrogens is 252 g/mol. The molecule has 0 aliphatic carbocycles. The van der Waals surface area contributed by atoms with Gasteiger partial charge in [-0.3, -0.25) is 0 Å². The summed E-state index contributed by atoms with van der Waals surface area (Å²) in [5.74, 6) is 0.312. The van der Waals surface area contributed by atoms with E-state index in [0.29, 0.717) is 17.9 Å². The fourth-order valence-electron chi connectivity index (χ4n) is 1.45. The van der Waals surface area contributed by atoms with Crippen LogP contribution in [0.4, 0.5) is 0 Å². The van der Waals surface area contributed by atoms with Crippen molar-refractivity contribution in [1.82, 2.24) is 0 Å². The Hall–Kier alpha value is -1.32. The average molecular weight is 263 g/mol. The van der Waals surface area contributed by atoms with E-state index in [-0.39, 0.29) is 0 Å². The van der Waals surface area contributed by atoms with E-state index in [0.717, 1.165) is 15.6 Å². The zero-order valence-electron chi connectivity index (χ0n) is 8.71. The van der Waals surface area contributed by atoms with E-state index in [1.165, 1.54) is 0 Å². The lowest BCUT2D eigenvalue weighted by molar-refractivity contribution is 0.859. The highest BCUT2D eigenvalue weighted by Gasteiger charge is 2.12. The number of rotatable bonds is 2. The van der Waals surface area contributed by atoms with Gasteiger partial charge in [0.05, 0.1) is 18.1 Å². The molecule has 1 aromatic carbocycles. The highest BCUT2D eigenvalue weighted by atomic mass is 79.9. The Morgan fingerprint density at radius 3 is 2.47 bits per heavy atom. The van der Waals surface area contributed by atoms with Gasteiger partial charge in [-0.1, -0.05) is 26.0 Å². The molecule has 15 heavy (non-hydrogen) atoms. The number of nitriles is 2. The first kappa shape index (κ1) is 11.8. The number of halogens is 1. The Morgan fingerprint density at radius 2 is 2.00 bits per heavy atom. The van der Waals surface area contributed by atoms with Crippen molar-refractivity contribution in [3.05, 3.63) is 33.3 Å². The molecule has 0 N–H and O–H groups in total. The van der Waals surface area contributed by atoms with Crippen LogP contribution in [0.15, 0.2) is 16.6 Å². The van der Waals surface area contributed by atoms with Gasteiger partial charge in [0.2, 0.25) is 0 Å². The quantitative estimate of drug-likeness (QED) is 0.819. The molecule has 2 nitrogen and oxygen atoms in total. The van der Waals surface area contributed by atoms with Gasteiger partial charge >= 0.3 is 0 Å². The fourth-order valence-corrected chi connectivity index (χ4v) is 2.04. The SMILES string of the molecule is CC(C)c1ccc(CC#N)c(Br)c1C#N. The topological polar surface area (TPSA) is 47.6 Å². The molecule has 0 aliphatic heterocycles. The third kappa shape index (κ3) is 2.37. The molecule has 0 radical (unpaired) electrons. The maximum absolute atomic E-state index is 9.08. The first-order valence-electron chi connectivity index (χ1n) is 4.70. The summed E-state index contributed by atoms with van der Waals surface area (Å²) < 4.78 is 0.762. The smallest absolute Gasteiger partial charge is 0.101 e. The zero-order valence-corrected chi connectivity index (χ0v) is 10.3. The van der Waals surface area contributed by atoms with E-state index in [4.69, 9.17) is 10.5 Å². The van der Waals surface area contributed by atoms with Gasteiger partial charge in [-0.05, 0) is 33.0 Å². The third-order valence-corrected chi connectivity index (χ3v) is 3.16. The molecule has 0 amide bonds. The fraction of sp³-hybridized carbons (Fsp3) is 0.333. The van der Waals surface area contributed by atoms with E-state index < -0.39 is 0 Å². The second kappa shape index (κ2) is 4.96. The first-order chi connectivity index (χ1) is 7.11. The minimum Gasteiger partial charge on any atom is -0.198 e. The lowest BCUT2D eigenvalue weighted by Crippen LogP contribution is -1.97. The molecule has 76 valence electrons. The van der Waals surface area contributed by atoms with E-state index >= 15 is 0 Å². The van der Waals surface area contributed by atoms with Crippen LogP contribution in [-0.4, -0.2) is 0 Å². The number of hydrogen-bond donors (Lipinski definition) is 0.